The third-order valence-corrected chi connectivity index (χ3v) is 6.72. The first-order valence-electron chi connectivity index (χ1n) is 9.79. The van der Waals surface area contributed by atoms with E-state index < -0.39 is 0 Å². The Bertz CT molecular complexity index is 927. The van der Waals surface area contributed by atoms with E-state index in [1.54, 1.807) is 16.7 Å². The Morgan fingerprint density at radius 2 is 1.27 bits per heavy atom. The Morgan fingerprint density at radius 3 is 1.88 bits per heavy atom. The van der Waals surface area contributed by atoms with Crippen molar-refractivity contribution < 1.29 is 0 Å². The molecule has 1 atom stereocenters. The van der Waals surface area contributed by atoms with Crippen LogP contribution >= 0.6 is 0 Å². The molecule has 0 spiro atoms. The quantitative estimate of drug-likeness (QED) is 0.550. The molecule has 0 aliphatic heterocycles. The molecule has 0 saturated carbocycles. The van der Waals surface area contributed by atoms with Gasteiger partial charge < -0.3 is 0 Å². The van der Waals surface area contributed by atoms with Gasteiger partial charge in [-0.05, 0) is 67.5 Å². The van der Waals surface area contributed by atoms with E-state index in [2.05, 4.69) is 89.2 Å². The molecule has 4 rings (SSSR count). The van der Waals surface area contributed by atoms with Crippen molar-refractivity contribution in [3.8, 4) is 0 Å². The fourth-order valence-electron chi connectivity index (χ4n) is 5.12. The van der Waals surface area contributed by atoms with Crippen molar-refractivity contribution in [2.45, 2.75) is 47.0 Å². The molecule has 0 aromatic heterocycles. The van der Waals surface area contributed by atoms with Gasteiger partial charge in [-0.2, -0.15) is 0 Å². The Balaban J connectivity index is 1.97. The van der Waals surface area contributed by atoms with Gasteiger partial charge in [0, 0.05) is 11.8 Å². The maximum Gasteiger partial charge on any atom is 0.0167 e. The molecule has 2 aromatic carbocycles. The highest BCUT2D eigenvalue weighted by atomic mass is 14.4. The zero-order valence-corrected chi connectivity index (χ0v) is 16.6. The molecule has 0 fully saturated rings. The molecule has 2 aliphatic rings. The summed E-state index contributed by atoms with van der Waals surface area (Å²) in [6.07, 6.45) is 1.10. The molecule has 0 bridgehead atoms. The van der Waals surface area contributed by atoms with E-state index in [0.29, 0.717) is 11.8 Å². The second kappa shape index (κ2) is 6.43. The summed E-state index contributed by atoms with van der Waals surface area (Å²) in [4.78, 5) is 0. The Labute approximate surface area is 158 Å². The molecular weight excluding hydrogens is 312 g/mol. The van der Waals surface area contributed by atoms with Gasteiger partial charge in [0.15, 0.2) is 0 Å². The summed E-state index contributed by atoms with van der Waals surface area (Å²) in [5, 5.41) is 0. The van der Waals surface area contributed by atoms with Crippen molar-refractivity contribution in [3.63, 3.8) is 0 Å². The third-order valence-electron chi connectivity index (χ3n) is 6.72. The first-order valence-corrected chi connectivity index (χ1v) is 9.79. The van der Waals surface area contributed by atoms with Gasteiger partial charge in [-0.25, -0.2) is 0 Å². The maximum absolute atomic E-state index is 2.36. The predicted molar refractivity (Wildman–Crippen MR) is 112 cm³/mol. The van der Waals surface area contributed by atoms with Gasteiger partial charge >= 0.3 is 0 Å². The molecule has 1 unspecified atom stereocenters. The van der Waals surface area contributed by atoms with Crippen LogP contribution in [0.5, 0.6) is 0 Å². The minimum Gasteiger partial charge on any atom is -0.0622 e. The Kier molecular flexibility index (Phi) is 4.23. The maximum atomic E-state index is 2.36. The van der Waals surface area contributed by atoms with Crippen molar-refractivity contribution >= 4 is 5.57 Å². The first-order chi connectivity index (χ1) is 12.6. The van der Waals surface area contributed by atoms with Gasteiger partial charge in [-0.15, -0.1) is 0 Å². The summed E-state index contributed by atoms with van der Waals surface area (Å²) in [5.74, 6) is 0.978. The van der Waals surface area contributed by atoms with Gasteiger partial charge in [0.25, 0.3) is 0 Å². The van der Waals surface area contributed by atoms with Crippen LogP contribution in [0.3, 0.4) is 0 Å². The van der Waals surface area contributed by atoms with Crippen molar-refractivity contribution in [3.05, 3.63) is 99.2 Å². The van der Waals surface area contributed by atoms with Gasteiger partial charge in [0.2, 0.25) is 0 Å². The zero-order valence-electron chi connectivity index (χ0n) is 16.6. The highest BCUT2D eigenvalue weighted by molar-refractivity contribution is 5.89. The molecule has 26 heavy (non-hydrogen) atoms. The molecule has 0 radical (unpaired) electrons. The number of allylic oxidation sites excluding steroid dienone is 5. The molecular formula is C26H28. The van der Waals surface area contributed by atoms with E-state index >= 15 is 0 Å². The summed E-state index contributed by atoms with van der Waals surface area (Å²) in [6.45, 7) is 11.6. The molecule has 0 nitrogen and oxygen atoms in total. The Morgan fingerprint density at radius 1 is 0.692 bits per heavy atom. The number of rotatable bonds is 3. The standard InChI is InChI=1S/C26H28/c1-6-21-25(20-12-8-7-9-13-20)22-14-10-11-15-23(22)26(21)24-18(4)16(2)17(3)19(24)5/h7-15,24,26H,6H2,1-5H3. The zero-order chi connectivity index (χ0) is 18.4. The largest absolute Gasteiger partial charge is 0.0622 e. The normalized spacial score (nSPS) is 20.4. The SMILES string of the molecule is CCC1=C(c2ccccc2)c2ccccc2C1C1C(C)=C(C)C(C)=C1C. The second-order valence-electron chi connectivity index (χ2n) is 7.78. The average molecular weight is 341 g/mol. The Hall–Kier alpha value is -2.34. The van der Waals surface area contributed by atoms with E-state index in [0.717, 1.165) is 6.42 Å². The minimum atomic E-state index is 0.471. The molecule has 132 valence electrons. The van der Waals surface area contributed by atoms with E-state index in [9.17, 15) is 0 Å². The van der Waals surface area contributed by atoms with Crippen LogP contribution in [0, 0.1) is 5.92 Å². The molecule has 2 aliphatic carbocycles. The van der Waals surface area contributed by atoms with Crippen LogP contribution in [0.25, 0.3) is 5.57 Å². The van der Waals surface area contributed by atoms with Crippen LogP contribution in [0.1, 0.15) is 63.6 Å². The van der Waals surface area contributed by atoms with E-state index in [4.69, 9.17) is 0 Å². The molecule has 0 N–H and O–H groups in total. The van der Waals surface area contributed by atoms with Gasteiger partial charge in [-0.1, -0.05) is 78.2 Å². The first kappa shape index (κ1) is 17.1. The highest BCUT2D eigenvalue weighted by Gasteiger charge is 2.40. The van der Waals surface area contributed by atoms with E-state index in [1.165, 1.54) is 33.4 Å². The smallest absolute Gasteiger partial charge is 0.0167 e. The lowest BCUT2D eigenvalue weighted by Gasteiger charge is -2.27. The number of benzene rings is 2. The van der Waals surface area contributed by atoms with Crippen LogP contribution in [-0.2, 0) is 0 Å². The molecule has 2 aromatic rings. The monoisotopic (exact) mass is 340 g/mol. The summed E-state index contributed by atoms with van der Waals surface area (Å²) < 4.78 is 0. The van der Waals surface area contributed by atoms with Gasteiger partial charge in [0.1, 0.15) is 0 Å². The fourth-order valence-corrected chi connectivity index (χ4v) is 5.12. The molecule has 0 saturated heterocycles. The fraction of sp³-hybridized carbons (Fsp3) is 0.308. The van der Waals surface area contributed by atoms with E-state index in [-0.39, 0.29) is 0 Å². The average Bonchev–Trinajstić information content (AvgIpc) is 3.10. The molecule has 0 amide bonds. The van der Waals surface area contributed by atoms with Crippen molar-refractivity contribution in [2.75, 3.05) is 0 Å². The lowest BCUT2D eigenvalue weighted by molar-refractivity contribution is 0.609. The summed E-state index contributed by atoms with van der Waals surface area (Å²) in [6, 6.07) is 20.0. The van der Waals surface area contributed by atoms with Crippen LogP contribution in [0.4, 0.5) is 0 Å². The minimum absolute atomic E-state index is 0.471. The topological polar surface area (TPSA) is 0 Å². The van der Waals surface area contributed by atoms with Gasteiger partial charge in [0.05, 0.1) is 0 Å². The van der Waals surface area contributed by atoms with Crippen molar-refractivity contribution in [1.82, 2.24) is 0 Å². The van der Waals surface area contributed by atoms with Crippen LogP contribution in [-0.4, -0.2) is 0 Å². The number of hydrogen-bond donors (Lipinski definition) is 0. The van der Waals surface area contributed by atoms with Crippen molar-refractivity contribution in [1.29, 1.82) is 0 Å². The van der Waals surface area contributed by atoms with Crippen LogP contribution in [0.15, 0.2) is 82.5 Å². The summed E-state index contributed by atoms with van der Waals surface area (Å²) >= 11 is 0. The predicted octanol–water partition coefficient (Wildman–Crippen LogP) is 7.30. The van der Waals surface area contributed by atoms with Gasteiger partial charge in [-0.3, -0.25) is 0 Å². The lowest BCUT2D eigenvalue weighted by atomic mass is 9.76. The summed E-state index contributed by atoms with van der Waals surface area (Å²) in [5.41, 5.74) is 13.5. The lowest BCUT2D eigenvalue weighted by Crippen LogP contribution is -2.14. The molecule has 0 heterocycles. The van der Waals surface area contributed by atoms with Crippen LogP contribution < -0.4 is 0 Å². The second-order valence-corrected chi connectivity index (χ2v) is 7.78. The third kappa shape index (κ3) is 2.35. The number of fused-ring (bicyclic) bond motifs is 1. The van der Waals surface area contributed by atoms with E-state index in [1.807, 2.05) is 0 Å². The van der Waals surface area contributed by atoms with Crippen LogP contribution in [0.2, 0.25) is 0 Å². The highest BCUT2D eigenvalue weighted by Crippen LogP contribution is 2.55. The summed E-state index contributed by atoms with van der Waals surface area (Å²) in [7, 11) is 0. The number of hydrogen-bond acceptors (Lipinski definition) is 0. The van der Waals surface area contributed by atoms with Crippen molar-refractivity contribution in [2.24, 2.45) is 5.92 Å². The molecule has 0 heteroatoms.